The van der Waals surface area contributed by atoms with Crippen molar-refractivity contribution in [1.82, 2.24) is 9.88 Å². The molecule has 1 saturated heterocycles. The number of hydrogen-bond donors (Lipinski definition) is 0. The topological polar surface area (TPSA) is 82.6 Å². The molecule has 2 aliphatic rings. The monoisotopic (exact) mass is 318 g/mol. The minimum Gasteiger partial charge on any atom is -0.444 e. The number of ether oxygens (including phenoxy) is 1. The molecule has 0 bridgehead atoms. The van der Waals surface area contributed by atoms with E-state index in [0.717, 1.165) is 12.8 Å². The summed E-state index contributed by atoms with van der Waals surface area (Å²) in [6, 6.07) is 2.11. The van der Waals surface area contributed by atoms with Gasteiger partial charge in [0.25, 0.3) is 0 Å². The highest BCUT2D eigenvalue weighted by Gasteiger charge is 2.33. The minimum atomic E-state index is -0.494. The van der Waals surface area contributed by atoms with Gasteiger partial charge in [0, 0.05) is 32.1 Å². The highest BCUT2D eigenvalue weighted by molar-refractivity contribution is 5.68. The lowest BCUT2D eigenvalue weighted by Crippen LogP contribution is -2.50. The first-order chi connectivity index (χ1) is 10.9. The molecule has 0 N–H and O–H groups in total. The normalized spacial score (nSPS) is 18.7. The van der Waals surface area contributed by atoms with Gasteiger partial charge in [-0.25, -0.2) is 9.78 Å². The number of nitriles is 1. The van der Waals surface area contributed by atoms with E-state index in [1.54, 1.807) is 4.90 Å². The van der Waals surface area contributed by atoms with Gasteiger partial charge in [0.1, 0.15) is 11.7 Å². The maximum Gasteiger partial charge on any atom is 0.410 e. The second kappa shape index (κ2) is 5.76. The Hall–Kier alpha value is -2.23. The quantitative estimate of drug-likeness (QED) is 0.833. The first-order valence-electron chi connectivity index (χ1n) is 8.01. The van der Waals surface area contributed by atoms with Gasteiger partial charge in [0.15, 0.2) is 0 Å². The number of anilines is 1. The smallest absolute Gasteiger partial charge is 0.410 e. The molecule has 1 aromatic heterocycles. The van der Waals surface area contributed by atoms with Gasteiger partial charge in [-0.15, -0.1) is 0 Å². The fourth-order valence-corrected chi connectivity index (χ4v) is 2.54. The van der Waals surface area contributed by atoms with E-state index in [-0.39, 0.29) is 6.09 Å². The fourth-order valence-electron chi connectivity index (χ4n) is 2.54. The second-order valence-corrected chi connectivity index (χ2v) is 7.05. The molecule has 0 unspecified atom stereocenters. The summed E-state index contributed by atoms with van der Waals surface area (Å²) in [4.78, 5) is 20.0. The van der Waals surface area contributed by atoms with E-state index in [1.807, 2.05) is 25.7 Å². The average molecular weight is 318 g/mol. The van der Waals surface area contributed by atoms with Crippen LogP contribution < -0.4 is 4.90 Å². The van der Waals surface area contributed by atoms with Crippen molar-refractivity contribution in [2.24, 2.45) is 0 Å². The molecule has 1 amide bonds. The molecule has 2 fully saturated rings. The van der Waals surface area contributed by atoms with Gasteiger partial charge in [0.2, 0.25) is 17.5 Å². The largest absolute Gasteiger partial charge is 0.444 e. The number of carbonyl (C=O) groups is 1. The summed E-state index contributed by atoms with van der Waals surface area (Å²) in [6.45, 7) is 7.86. The molecule has 0 spiro atoms. The predicted molar refractivity (Wildman–Crippen MR) is 83.2 cm³/mol. The summed E-state index contributed by atoms with van der Waals surface area (Å²) in [5, 5.41) is 9.25. The van der Waals surface area contributed by atoms with Crippen molar-refractivity contribution in [3.63, 3.8) is 0 Å². The van der Waals surface area contributed by atoms with Crippen molar-refractivity contribution in [1.29, 1.82) is 5.26 Å². The maximum absolute atomic E-state index is 12.1. The van der Waals surface area contributed by atoms with Crippen LogP contribution in [-0.2, 0) is 4.74 Å². The highest BCUT2D eigenvalue weighted by atomic mass is 16.6. The van der Waals surface area contributed by atoms with Crippen molar-refractivity contribution in [3.05, 3.63) is 11.6 Å². The van der Waals surface area contributed by atoms with Crippen molar-refractivity contribution in [3.8, 4) is 6.07 Å². The van der Waals surface area contributed by atoms with Crippen LogP contribution in [0.3, 0.4) is 0 Å². The SMILES string of the molecule is CC(C)(C)OC(=O)N1CCN(c2oc(C3CC3)nc2C#N)CC1. The number of oxazole rings is 1. The summed E-state index contributed by atoms with van der Waals surface area (Å²) < 4.78 is 11.2. The second-order valence-electron chi connectivity index (χ2n) is 7.05. The molecule has 1 aliphatic heterocycles. The van der Waals surface area contributed by atoms with Gasteiger partial charge in [-0.3, -0.25) is 0 Å². The first kappa shape index (κ1) is 15.7. The van der Waals surface area contributed by atoms with Gasteiger partial charge >= 0.3 is 6.09 Å². The van der Waals surface area contributed by atoms with Gasteiger partial charge in [-0.05, 0) is 33.6 Å². The third-order valence-electron chi connectivity index (χ3n) is 3.88. The zero-order chi connectivity index (χ0) is 16.6. The van der Waals surface area contributed by atoms with Crippen LogP contribution in [0.1, 0.15) is 51.1 Å². The minimum absolute atomic E-state index is 0.297. The summed E-state index contributed by atoms with van der Waals surface area (Å²) in [5.74, 6) is 1.59. The van der Waals surface area contributed by atoms with Crippen molar-refractivity contribution >= 4 is 12.0 Å². The molecule has 1 aromatic rings. The van der Waals surface area contributed by atoms with E-state index in [1.165, 1.54) is 0 Å². The molecule has 0 aromatic carbocycles. The first-order valence-corrected chi connectivity index (χ1v) is 8.01. The fraction of sp³-hybridized carbons (Fsp3) is 0.688. The Bertz CT molecular complexity index is 629. The van der Waals surface area contributed by atoms with E-state index >= 15 is 0 Å². The van der Waals surface area contributed by atoms with Crippen LogP contribution in [0.5, 0.6) is 0 Å². The molecule has 23 heavy (non-hydrogen) atoms. The zero-order valence-corrected chi connectivity index (χ0v) is 13.8. The standard InChI is InChI=1S/C16H22N4O3/c1-16(2,3)23-15(21)20-8-6-19(7-9-20)14-12(10-17)18-13(22-14)11-4-5-11/h11H,4-9H2,1-3H3. The van der Waals surface area contributed by atoms with E-state index in [9.17, 15) is 10.1 Å². The van der Waals surface area contributed by atoms with Gasteiger partial charge < -0.3 is 19.0 Å². The summed E-state index contributed by atoms with van der Waals surface area (Å²) >= 11 is 0. The van der Waals surface area contributed by atoms with Crippen LogP contribution in [0.2, 0.25) is 0 Å². The highest BCUT2D eigenvalue weighted by Crippen LogP contribution is 2.41. The number of amides is 1. The number of carbonyl (C=O) groups excluding carboxylic acids is 1. The Balaban J connectivity index is 1.63. The van der Waals surface area contributed by atoms with Gasteiger partial charge in [-0.2, -0.15) is 5.26 Å². The van der Waals surface area contributed by atoms with Crippen LogP contribution >= 0.6 is 0 Å². The molecular weight excluding hydrogens is 296 g/mol. The number of rotatable bonds is 2. The van der Waals surface area contributed by atoms with Crippen LogP contribution in [0.15, 0.2) is 4.42 Å². The molecule has 7 heteroatoms. The number of aromatic nitrogens is 1. The van der Waals surface area contributed by atoms with E-state index in [0.29, 0.717) is 49.6 Å². The Morgan fingerprint density at radius 1 is 1.30 bits per heavy atom. The average Bonchev–Trinajstić information content (AvgIpc) is 3.25. The van der Waals surface area contributed by atoms with Crippen LogP contribution in [0.25, 0.3) is 0 Å². The molecule has 1 saturated carbocycles. The van der Waals surface area contributed by atoms with Crippen molar-refractivity contribution in [2.45, 2.75) is 45.1 Å². The Labute approximate surface area is 135 Å². The van der Waals surface area contributed by atoms with E-state index < -0.39 is 5.60 Å². The lowest BCUT2D eigenvalue weighted by atomic mass is 10.2. The van der Waals surface area contributed by atoms with Gasteiger partial charge in [0.05, 0.1) is 0 Å². The lowest BCUT2D eigenvalue weighted by Gasteiger charge is -2.35. The van der Waals surface area contributed by atoms with Crippen LogP contribution in [0, 0.1) is 11.3 Å². The number of piperazine rings is 1. The molecular formula is C16H22N4O3. The van der Waals surface area contributed by atoms with Crippen molar-refractivity contribution in [2.75, 3.05) is 31.1 Å². The number of hydrogen-bond acceptors (Lipinski definition) is 6. The Morgan fingerprint density at radius 2 is 1.96 bits per heavy atom. The molecule has 7 nitrogen and oxygen atoms in total. The molecule has 2 heterocycles. The Morgan fingerprint density at radius 3 is 2.48 bits per heavy atom. The van der Waals surface area contributed by atoms with Crippen LogP contribution in [0.4, 0.5) is 10.7 Å². The lowest BCUT2D eigenvalue weighted by molar-refractivity contribution is 0.0239. The van der Waals surface area contributed by atoms with E-state index in [2.05, 4.69) is 11.1 Å². The van der Waals surface area contributed by atoms with E-state index in [4.69, 9.17) is 9.15 Å². The molecule has 0 radical (unpaired) electrons. The third kappa shape index (κ3) is 3.58. The molecule has 0 atom stereocenters. The maximum atomic E-state index is 12.1. The van der Waals surface area contributed by atoms with Crippen LogP contribution in [-0.4, -0.2) is 47.8 Å². The third-order valence-corrected chi connectivity index (χ3v) is 3.88. The summed E-state index contributed by atoms with van der Waals surface area (Å²) in [7, 11) is 0. The Kier molecular flexibility index (Phi) is 3.92. The number of nitrogens with zero attached hydrogens (tertiary/aromatic N) is 4. The molecule has 124 valence electrons. The predicted octanol–water partition coefficient (Wildman–Crippen LogP) is 2.48. The zero-order valence-electron chi connectivity index (χ0n) is 13.8. The van der Waals surface area contributed by atoms with Gasteiger partial charge in [-0.1, -0.05) is 0 Å². The summed E-state index contributed by atoms with van der Waals surface area (Å²) in [6.07, 6.45) is 1.86. The van der Waals surface area contributed by atoms with Crippen molar-refractivity contribution < 1.29 is 13.9 Å². The summed E-state index contributed by atoms with van der Waals surface area (Å²) in [5.41, 5.74) is -0.149. The molecule has 3 rings (SSSR count). The molecule has 1 aliphatic carbocycles.